The van der Waals surface area contributed by atoms with Crippen LogP contribution in [0.1, 0.15) is 39.0 Å². The van der Waals surface area contributed by atoms with Crippen molar-refractivity contribution in [1.82, 2.24) is 0 Å². The van der Waals surface area contributed by atoms with Crippen molar-refractivity contribution in [3.05, 3.63) is 12.2 Å². The molecule has 0 amide bonds. The van der Waals surface area contributed by atoms with Gasteiger partial charge in [0.25, 0.3) is 0 Å². The SMILES string of the molecule is C=C1C(O)CC2CCCCC12C. The minimum Gasteiger partial charge on any atom is -0.389 e. The molecule has 2 saturated carbocycles. The van der Waals surface area contributed by atoms with Crippen LogP contribution in [0.25, 0.3) is 0 Å². The summed E-state index contributed by atoms with van der Waals surface area (Å²) >= 11 is 0. The topological polar surface area (TPSA) is 20.2 Å². The number of hydrogen-bond acceptors (Lipinski definition) is 1. The van der Waals surface area contributed by atoms with E-state index in [1.165, 1.54) is 25.7 Å². The molecule has 2 rings (SSSR count). The maximum Gasteiger partial charge on any atom is 0.0755 e. The number of rotatable bonds is 0. The monoisotopic (exact) mass is 166 g/mol. The van der Waals surface area contributed by atoms with Gasteiger partial charge in [0.1, 0.15) is 0 Å². The highest BCUT2D eigenvalue weighted by atomic mass is 16.3. The lowest BCUT2D eigenvalue weighted by atomic mass is 9.68. The summed E-state index contributed by atoms with van der Waals surface area (Å²) in [5, 5.41) is 9.69. The molecule has 0 aromatic heterocycles. The molecule has 12 heavy (non-hydrogen) atoms. The third-order valence-corrected chi connectivity index (χ3v) is 4.04. The summed E-state index contributed by atoms with van der Waals surface area (Å²) in [4.78, 5) is 0. The molecule has 0 saturated heterocycles. The second-order valence-electron chi connectivity index (χ2n) is 4.64. The molecular formula is C11H18O. The predicted molar refractivity (Wildman–Crippen MR) is 49.8 cm³/mol. The van der Waals surface area contributed by atoms with Gasteiger partial charge in [-0.2, -0.15) is 0 Å². The summed E-state index contributed by atoms with van der Waals surface area (Å²) in [7, 11) is 0. The van der Waals surface area contributed by atoms with Gasteiger partial charge in [0, 0.05) is 0 Å². The van der Waals surface area contributed by atoms with E-state index in [-0.39, 0.29) is 11.5 Å². The van der Waals surface area contributed by atoms with E-state index < -0.39 is 0 Å². The van der Waals surface area contributed by atoms with Gasteiger partial charge in [0.05, 0.1) is 6.10 Å². The molecule has 1 nitrogen and oxygen atoms in total. The van der Waals surface area contributed by atoms with E-state index in [9.17, 15) is 5.11 Å². The molecule has 0 aliphatic heterocycles. The third kappa shape index (κ3) is 0.957. The van der Waals surface area contributed by atoms with Crippen molar-refractivity contribution in [2.45, 2.75) is 45.1 Å². The van der Waals surface area contributed by atoms with Crippen LogP contribution in [0.3, 0.4) is 0 Å². The fourth-order valence-corrected chi connectivity index (χ4v) is 3.00. The highest BCUT2D eigenvalue weighted by Gasteiger charge is 2.47. The first kappa shape index (κ1) is 8.31. The summed E-state index contributed by atoms with van der Waals surface area (Å²) in [6.07, 6.45) is 5.96. The minimum absolute atomic E-state index is 0.210. The van der Waals surface area contributed by atoms with Gasteiger partial charge in [-0.05, 0) is 36.2 Å². The van der Waals surface area contributed by atoms with Crippen LogP contribution >= 0.6 is 0 Å². The Bertz CT molecular complexity index is 209. The molecule has 0 bridgehead atoms. The van der Waals surface area contributed by atoms with Gasteiger partial charge in [-0.3, -0.25) is 0 Å². The van der Waals surface area contributed by atoms with E-state index in [2.05, 4.69) is 13.5 Å². The second-order valence-corrected chi connectivity index (χ2v) is 4.64. The van der Waals surface area contributed by atoms with Crippen LogP contribution in [-0.4, -0.2) is 11.2 Å². The normalized spacial score (nSPS) is 47.7. The third-order valence-electron chi connectivity index (χ3n) is 4.04. The van der Waals surface area contributed by atoms with Crippen molar-refractivity contribution in [2.24, 2.45) is 11.3 Å². The molecule has 0 spiro atoms. The van der Waals surface area contributed by atoms with Crippen LogP contribution in [0.15, 0.2) is 12.2 Å². The van der Waals surface area contributed by atoms with Crippen molar-refractivity contribution in [2.75, 3.05) is 0 Å². The Morgan fingerprint density at radius 3 is 2.92 bits per heavy atom. The summed E-state index contributed by atoms with van der Waals surface area (Å²) in [5.74, 6) is 0.716. The molecular weight excluding hydrogens is 148 g/mol. The Kier molecular flexibility index (Phi) is 1.80. The number of hydrogen-bond donors (Lipinski definition) is 1. The zero-order chi connectivity index (χ0) is 8.77. The van der Waals surface area contributed by atoms with Crippen LogP contribution in [0, 0.1) is 11.3 Å². The van der Waals surface area contributed by atoms with E-state index in [1.54, 1.807) is 0 Å². The Morgan fingerprint density at radius 1 is 1.50 bits per heavy atom. The average Bonchev–Trinajstić information content (AvgIpc) is 2.28. The number of aliphatic hydroxyl groups excluding tert-OH is 1. The van der Waals surface area contributed by atoms with Crippen LogP contribution < -0.4 is 0 Å². The Hall–Kier alpha value is -0.300. The van der Waals surface area contributed by atoms with Crippen LogP contribution in [0.2, 0.25) is 0 Å². The Morgan fingerprint density at radius 2 is 2.25 bits per heavy atom. The molecule has 68 valence electrons. The standard InChI is InChI=1S/C11H18O/c1-8-10(12)7-9-5-3-4-6-11(8,9)2/h9-10,12H,1,3-7H2,2H3. The summed E-state index contributed by atoms with van der Waals surface area (Å²) in [5.41, 5.74) is 1.38. The van der Waals surface area contributed by atoms with Gasteiger partial charge < -0.3 is 5.11 Å². The second kappa shape index (κ2) is 2.59. The minimum atomic E-state index is -0.210. The van der Waals surface area contributed by atoms with Crippen LogP contribution in [-0.2, 0) is 0 Å². The Labute approximate surface area is 74.5 Å². The molecule has 0 radical (unpaired) electrons. The van der Waals surface area contributed by atoms with E-state index in [1.807, 2.05) is 0 Å². The lowest BCUT2D eigenvalue weighted by Gasteiger charge is -2.36. The van der Waals surface area contributed by atoms with Crippen molar-refractivity contribution >= 4 is 0 Å². The zero-order valence-corrected chi connectivity index (χ0v) is 7.84. The Balaban J connectivity index is 2.25. The first-order chi connectivity index (χ1) is 5.64. The van der Waals surface area contributed by atoms with Crippen molar-refractivity contribution < 1.29 is 5.11 Å². The van der Waals surface area contributed by atoms with Gasteiger partial charge in [-0.25, -0.2) is 0 Å². The predicted octanol–water partition coefficient (Wildman–Crippen LogP) is 2.50. The van der Waals surface area contributed by atoms with E-state index >= 15 is 0 Å². The van der Waals surface area contributed by atoms with E-state index in [4.69, 9.17) is 0 Å². The van der Waals surface area contributed by atoms with Crippen molar-refractivity contribution in [3.63, 3.8) is 0 Å². The van der Waals surface area contributed by atoms with E-state index in [0.29, 0.717) is 5.92 Å². The lowest BCUT2D eigenvalue weighted by molar-refractivity contribution is 0.181. The van der Waals surface area contributed by atoms with Crippen molar-refractivity contribution in [3.8, 4) is 0 Å². The number of fused-ring (bicyclic) bond motifs is 1. The summed E-state index contributed by atoms with van der Waals surface area (Å²) < 4.78 is 0. The zero-order valence-electron chi connectivity index (χ0n) is 7.84. The molecule has 0 aromatic rings. The largest absolute Gasteiger partial charge is 0.389 e. The molecule has 3 atom stereocenters. The lowest BCUT2D eigenvalue weighted by Crippen LogP contribution is -2.27. The molecule has 0 heterocycles. The first-order valence-electron chi connectivity index (χ1n) is 5.02. The smallest absolute Gasteiger partial charge is 0.0755 e. The average molecular weight is 166 g/mol. The highest BCUT2D eigenvalue weighted by molar-refractivity contribution is 5.22. The number of aliphatic hydroxyl groups is 1. The van der Waals surface area contributed by atoms with Crippen LogP contribution in [0.5, 0.6) is 0 Å². The molecule has 3 unspecified atom stereocenters. The quantitative estimate of drug-likeness (QED) is 0.548. The molecule has 2 aliphatic carbocycles. The maximum atomic E-state index is 9.69. The summed E-state index contributed by atoms with van der Waals surface area (Å²) in [6.45, 7) is 6.33. The van der Waals surface area contributed by atoms with Gasteiger partial charge in [-0.15, -0.1) is 0 Å². The maximum absolute atomic E-state index is 9.69. The van der Waals surface area contributed by atoms with Gasteiger partial charge in [0.15, 0.2) is 0 Å². The molecule has 0 aromatic carbocycles. The highest BCUT2D eigenvalue weighted by Crippen LogP contribution is 2.54. The molecule has 1 heteroatoms. The van der Waals surface area contributed by atoms with Crippen molar-refractivity contribution in [1.29, 1.82) is 0 Å². The summed E-state index contributed by atoms with van der Waals surface area (Å²) in [6, 6.07) is 0. The molecule has 1 N–H and O–H groups in total. The fourth-order valence-electron chi connectivity index (χ4n) is 3.00. The fraction of sp³-hybridized carbons (Fsp3) is 0.818. The van der Waals surface area contributed by atoms with E-state index in [0.717, 1.165) is 12.0 Å². The van der Waals surface area contributed by atoms with Gasteiger partial charge in [-0.1, -0.05) is 26.3 Å². The van der Waals surface area contributed by atoms with Gasteiger partial charge in [0.2, 0.25) is 0 Å². The van der Waals surface area contributed by atoms with Gasteiger partial charge >= 0.3 is 0 Å². The molecule has 2 aliphatic rings. The first-order valence-corrected chi connectivity index (χ1v) is 5.02. The van der Waals surface area contributed by atoms with Crippen LogP contribution in [0.4, 0.5) is 0 Å². The molecule has 2 fully saturated rings.